The Morgan fingerprint density at radius 2 is 1.94 bits per heavy atom. The number of carbonyl (C=O) groups is 2. The maximum absolute atomic E-state index is 13.8. The number of rotatable bonds is 11. The fraction of sp³-hybridized carbons (Fsp3) is 0.400. The monoisotopic (exact) mass is 682 g/mol. The molecular weight excluding hydrogens is 641 g/mol. The standard InChI is InChI=1S/C35H42N10O3S/c1-5-45(29-10-7-26(36)33(40-29)32(37)24-6-11-30(38-18-24)48-22(2)3)35(47)25-12-15-43(19-25)20-31(46)44-16-13-23(14-17-44)27-8-9-28(49-27)34-39-21-42(4)41-34/h6-11,13,18,21-22,25,37H,5,12,14-17,19-20,36H2,1-4H3/t25-/m1/s1. The van der Waals surface area contributed by atoms with Gasteiger partial charge in [0.25, 0.3) is 0 Å². The van der Waals surface area contributed by atoms with E-state index in [0.717, 1.165) is 17.1 Å². The highest BCUT2D eigenvalue weighted by atomic mass is 32.1. The van der Waals surface area contributed by atoms with Crippen LogP contribution in [-0.2, 0) is 16.6 Å². The minimum absolute atomic E-state index is 0.0130. The van der Waals surface area contributed by atoms with Crippen molar-refractivity contribution in [3.05, 3.63) is 71.1 Å². The summed E-state index contributed by atoms with van der Waals surface area (Å²) in [6, 6.07) is 11.0. The molecule has 1 saturated heterocycles. The highest BCUT2D eigenvalue weighted by Gasteiger charge is 2.34. The van der Waals surface area contributed by atoms with Crippen LogP contribution in [0.1, 0.15) is 49.7 Å². The van der Waals surface area contributed by atoms with Gasteiger partial charge in [-0.3, -0.25) is 29.5 Å². The number of aromatic nitrogens is 5. The van der Waals surface area contributed by atoms with E-state index in [1.54, 1.807) is 57.7 Å². The summed E-state index contributed by atoms with van der Waals surface area (Å²) in [5, 5.41) is 13.2. The Balaban J connectivity index is 1.04. The van der Waals surface area contributed by atoms with Gasteiger partial charge in [-0.15, -0.1) is 11.3 Å². The van der Waals surface area contributed by atoms with Gasteiger partial charge in [0.2, 0.25) is 17.7 Å². The highest BCUT2D eigenvalue weighted by Crippen LogP contribution is 2.33. The minimum atomic E-state index is -0.262. The van der Waals surface area contributed by atoms with Crippen molar-refractivity contribution in [2.75, 3.05) is 49.9 Å². The average molecular weight is 683 g/mol. The van der Waals surface area contributed by atoms with Crippen molar-refractivity contribution in [1.29, 1.82) is 5.41 Å². The molecule has 6 heterocycles. The van der Waals surface area contributed by atoms with E-state index in [-0.39, 0.29) is 41.8 Å². The Kier molecular flexibility index (Phi) is 10.2. The number of likely N-dealkylation sites (tertiary alicyclic amines) is 1. The molecule has 3 N–H and O–H groups in total. The fourth-order valence-corrected chi connectivity index (χ4v) is 7.12. The second-order valence-electron chi connectivity index (χ2n) is 12.6. The zero-order valence-corrected chi connectivity index (χ0v) is 29.1. The maximum atomic E-state index is 13.8. The Bertz CT molecular complexity index is 1860. The highest BCUT2D eigenvalue weighted by molar-refractivity contribution is 7.16. The number of pyridine rings is 2. The van der Waals surface area contributed by atoms with Gasteiger partial charge in [0.1, 0.15) is 17.8 Å². The predicted molar refractivity (Wildman–Crippen MR) is 191 cm³/mol. The number of aryl methyl sites for hydroxylation is 1. The van der Waals surface area contributed by atoms with E-state index in [1.807, 2.05) is 38.8 Å². The molecular formula is C35H42N10O3S. The first kappa shape index (κ1) is 33.9. The molecule has 256 valence electrons. The van der Waals surface area contributed by atoms with Gasteiger partial charge in [0.05, 0.1) is 34.8 Å². The molecule has 0 saturated carbocycles. The molecule has 0 aliphatic carbocycles. The van der Waals surface area contributed by atoms with Gasteiger partial charge in [-0.25, -0.2) is 15.0 Å². The van der Waals surface area contributed by atoms with Crippen molar-refractivity contribution in [1.82, 2.24) is 34.5 Å². The third kappa shape index (κ3) is 7.70. The van der Waals surface area contributed by atoms with E-state index in [1.165, 1.54) is 10.5 Å². The van der Waals surface area contributed by atoms with Crippen molar-refractivity contribution in [3.8, 4) is 16.6 Å². The normalized spacial score (nSPS) is 16.6. The lowest BCUT2D eigenvalue weighted by Gasteiger charge is -2.28. The molecule has 2 amide bonds. The van der Waals surface area contributed by atoms with Gasteiger partial charge >= 0.3 is 0 Å². The van der Waals surface area contributed by atoms with Crippen LogP contribution < -0.4 is 15.4 Å². The summed E-state index contributed by atoms with van der Waals surface area (Å²) in [5.41, 5.74) is 8.76. The molecule has 13 nitrogen and oxygen atoms in total. The number of thiophene rings is 1. The third-order valence-electron chi connectivity index (χ3n) is 8.67. The van der Waals surface area contributed by atoms with E-state index < -0.39 is 0 Å². The first-order valence-electron chi connectivity index (χ1n) is 16.5. The quantitative estimate of drug-likeness (QED) is 0.222. The topological polar surface area (TPSA) is 159 Å². The van der Waals surface area contributed by atoms with Gasteiger partial charge in [-0.1, -0.05) is 6.08 Å². The molecule has 0 radical (unpaired) electrons. The van der Waals surface area contributed by atoms with Crippen LogP contribution in [0.2, 0.25) is 0 Å². The summed E-state index contributed by atoms with van der Waals surface area (Å²) in [4.78, 5) is 48.2. The summed E-state index contributed by atoms with van der Waals surface area (Å²) in [5.74, 6) is 1.39. The molecule has 4 aromatic heterocycles. The molecule has 0 bridgehead atoms. The Hall–Kier alpha value is -4.95. The summed E-state index contributed by atoms with van der Waals surface area (Å²) >= 11 is 1.67. The van der Waals surface area contributed by atoms with Crippen molar-refractivity contribution < 1.29 is 14.3 Å². The Morgan fingerprint density at radius 3 is 2.61 bits per heavy atom. The number of nitrogens with one attached hydrogen (secondary N) is 1. The number of nitrogens with zero attached hydrogens (tertiary/aromatic N) is 8. The molecule has 1 fully saturated rings. The van der Waals surface area contributed by atoms with Crippen molar-refractivity contribution in [2.24, 2.45) is 13.0 Å². The number of hydrogen-bond acceptors (Lipinski definition) is 11. The van der Waals surface area contributed by atoms with Crippen LogP contribution in [-0.4, -0.2) is 97.4 Å². The molecule has 2 aliphatic rings. The lowest BCUT2D eigenvalue weighted by molar-refractivity contribution is -0.132. The Morgan fingerprint density at radius 1 is 1.12 bits per heavy atom. The third-order valence-corrected chi connectivity index (χ3v) is 9.83. The predicted octanol–water partition coefficient (Wildman–Crippen LogP) is 4.11. The molecule has 14 heteroatoms. The Labute approximate surface area is 289 Å². The van der Waals surface area contributed by atoms with E-state index in [0.29, 0.717) is 62.1 Å². The first-order valence-corrected chi connectivity index (χ1v) is 17.4. The van der Waals surface area contributed by atoms with Crippen molar-refractivity contribution in [3.63, 3.8) is 0 Å². The van der Waals surface area contributed by atoms with Gasteiger partial charge in [-0.05, 0) is 76.1 Å². The summed E-state index contributed by atoms with van der Waals surface area (Å²) in [6.07, 6.45) is 6.83. The van der Waals surface area contributed by atoms with Crippen LogP contribution in [0, 0.1) is 11.3 Å². The molecule has 2 aliphatic heterocycles. The molecule has 49 heavy (non-hydrogen) atoms. The number of nitrogens with two attached hydrogens (primary N) is 1. The number of anilines is 2. The lowest BCUT2D eigenvalue weighted by Crippen LogP contribution is -2.42. The molecule has 1 atom stereocenters. The van der Waals surface area contributed by atoms with Crippen LogP contribution in [0.4, 0.5) is 11.5 Å². The summed E-state index contributed by atoms with van der Waals surface area (Å²) in [6.45, 7) is 8.83. The van der Waals surface area contributed by atoms with Gasteiger partial charge in [0.15, 0.2) is 5.82 Å². The van der Waals surface area contributed by atoms with E-state index in [2.05, 4.69) is 37.1 Å². The lowest BCUT2D eigenvalue weighted by atomic mass is 10.1. The molecule has 6 rings (SSSR count). The second-order valence-corrected chi connectivity index (χ2v) is 13.6. The summed E-state index contributed by atoms with van der Waals surface area (Å²) in [7, 11) is 1.85. The van der Waals surface area contributed by atoms with E-state index in [4.69, 9.17) is 15.9 Å². The fourth-order valence-electron chi connectivity index (χ4n) is 6.11. The first-order chi connectivity index (χ1) is 23.6. The smallest absolute Gasteiger partial charge is 0.237 e. The summed E-state index contributed by atoms with van der Waals surface area (Å²) < 4.78 is 7.31. The van der Waals surface area contributed by atoms with E-state index in [9.17, 15) is 9.59 Å². The van der Waals surface area contributed by atoms with E-state index >= 15 is 0 Å². The molecule has 0 spiro atoms. The van der Waals surface area contributed by atoms with Crippen LogP contribution in [0.15, 0.2) is 55.0 Å². The zero-order valence-electron chi connectivity index (χ0n) is 28.3. The molecule has 0 unspecified atom stereocenters. The van der Waals surface area contributed by atoms with Crippen LogP contribution in [0.5, 0.6) is 5.88 Å². The number of nitrogen functional groups attached to an aromatic ring is 1. The SMILES string of the molecule is CCN(C(=O)[C@@H]1CCN(CC(=O)N2CC=C(c3ccc(-c4ncn(C)n4)s3)CC2)C1)c1ccc(N)c(C(=N)c2ccc(OC(C)C)nc2)n1. The maximum Gasteiger partial charge on any atom is 0.237 e. The van der Waals surface area contributed by atoms with Gasteiger partial charge in [0, 0.05) is 55.9 Å². The van der Waals surface area contributed by atoms with Gasteiger partial charge in [-0.2, -0.15) is 5.10 Å². The molecule has 4 aromatic rings. The number of hydrogen-bond donors (Lipinski definition) is 2. The average Bonchev–Trinajstić information content (AvgIpc) is 3.87. The number of amides is 2. The van der Waals surface area contributed by atoms with Gasteiger partial charge < -0.3 is 15.4 Å². The second kappa shape index (κ2) is 14.7. The zero-order chi connectivity index (χ0) is 34.7. The van der Waals surface area contributed by atoms with Crippen molar-refractivity contribution in [2.45, 2.75) is 39.7 Å². The minimum Gasteiger partial charge on any atom is -0.475 e. The number of carbonyl (C=O) groups excluding carboxylic acids is 2. The number of ether oxygens (including phenoxy) is 1. The largest absolute Gasteiger partial charge is 0.475 e. The van der Waals surface area contributed by atoms with Crippen molar-refractivity contribution >= 4 is 45.9 Å². The van der Waals surface area contributed by atoms with Crippen LogP contribution >= 0.6 is 11.3 Å². The van der Waals surface area contributed by atoms with Crippen LogP contribution in [0.3, 0.4) is 0 Å². The molecule has 0 aromatic carbocycles. The van der Waals surface area contributed by atoms with Crippen LogP contribution in [0.25, 0.3) is 16.3 Å².